The van der Waals surface area contributed by atoms with Crippen LogP contribution in [-0.4, -0.2) is 22.2 Å². The second-order valence-corrected chi connectivity index (χ2v) is 4.20. The number of carboxylic acid groups (broad SMARTS) is 1. The molecule has 0 bridgehead atoms. The van der Waals surface area contributed by atoms with Crippen LogP contribution in [0, 0.1) is 0 Å². The van der Waals surface area contributed by atoms with Crippen molar-refractivity contribution < 1.29 is 14.6 Å². The summed E-state index contributed by atoms with van der Waals surface area (Å²) in [5, 5.41) is 9.22. The Bertz CT molecular complexity index is 402. The van der Waals surface area contributed by atoms with Gasteiger partial charge in [0.25, 0.3) is 0 Å². The Kier molecular flexibility index (Phi) is 3.29. The van der Waals surface area contributed by atoms with Gasteiger partial charge in [-0.3, -0.25) is 0 Å². The van der Waals surface area contributed by atoms with Crippen LogP contribution in [0.25, 0.3) is 0 Å². The molecule has 0 atom stereocenters. The highest BCUT2D eigenvalue weighted by atomic mass is 35.5. The lowest BCUT2D eigenvalue weighted by Crippen LogP contribution is -2.14. The predicted octanol–water partition coefficient (Wildman–Crippen LogP) is 2.75. The Labute approximate surface area is 98.2 Å². The van der Waals surface area contributed by atoms with Crippen molar-refractivity contribution in [1.29, 1.82) is 0 Å². The van der Waals surface area contributed by atoms with E-state index in [2.05, 4.69) is 4.98 Å². The molecule has 1 aromatic heterocycles. The van der Waals surface area contributed by atoms with Crippen LogP contribution < -0.4 is 4.74 Å². The molecule has 1 N–H and O–H groups in total. The van der Waals surface area contributed by atoms with Gasteiger partial charge in [-0.25, -0.2) is 9.78 Å². The third kappa shape index (κ3) is 2.44. The number of aromatic carboxylic acids is 1. The van der Waals surface area contributed by atoms with Crippen LogP contribution in [0.3, 0.4) is 0 Å². The zero-order chi connectivity index (χ0) is 11.5. The van der Waals surface area contributed by atoms with Crippen LogP contribution in [0.2, 0.25) is 5.15 Å². The molecular formula is C11H12ClNO3. The summed E-state index contributed by atoms with van der Waals surface area (Å²) < 4.78 is 5.57. The van der Waals surface area contributed by atoms with Crippen LogP contribution in [0.4, 0.5) is 0 Å². The minimum atomic E-state index is -1.04. The van der Waals surface area contributed by atoms with Gasteiger partial charge in [0.2, 0.25) is 5.88 Å². The zero-order valence-corrected chi connectivity index (χ0v) is 9.41. The van der Waals surface area contributed by atoms with Gasteiger partial charge in [-0.1, -0.05) is 11.6 Å². The lowest BCUT2D eigenvalue weighted by molar-refractivity contribution is 0.0687. The predicted molar refractivity (Wildman–Crippen MR) is 59.1 cm³/mol. The molecule has 0 unspecified atom stereocenters. The van der Waals surface area contributed by atoms with Gasteiger partial charge in [-0.15, -0.1) is 0 Å². The number of halogens is 1. The molecule has 1 aliphatic carbocycles. The number of pyridine rings is 1. The van der Waals surface area contributed by atoms with E-state index in [1.165, 1.54) is 12.1 Å². The smallest absolute Gasteiger partial charge is 0.341 e. The number of rotatable bonds is 3. The average molecular weight is 242 g/mol. The van der Waals surface area contributed by atoms with E-state index in [0.29, 0.717) is 0 Å². The van der Waals surface area contributed by atoms with Gasteiger partial charge in [0, 0.05) is 0 Å². The van der Waals surface area contributed by atoms with Crippen LogP contribution in [0.1, 0.15) is 36.0 Å². The van der Waals surface area contributed by atoms with Gasteiger partial charge in [-0.2, -0.15) is 0 Å². The Morgan fingerprint density at radius 3 is 2.75 bits per heavy atom. The Morgan fingerprint density at radius 2 is 2.12 bits per heavy atom. The molecule has 1 aromatic rings. The van der Waals surface area contributed by atoms with Crippen molar-refractivity contribution >= 4 is 17.6 Å². The maximum absolute atomic E-state index is 10.9. The standard InChI is InChI=1S/C11H12ClNO3/c12-9-6-5-8(11(14)15)10(13-9)16-7-3-1-2-4-7/h5-7H,1-4H2,(H,14,15). The number of hydrogen-bond donors (Lipinski definition) is 1. The third-order valence-corrected chi connectivity index (χ3v) is 2.85. The zero-order valence-electron chi connectivity index (χ0n) is 8.65. The Hall–Kier alpha value is -1.29. The Balaban J connectivity index is 2.22. The van der Waals surface area contributed by atoms with Crippen molar-refractivity contribution in [3.63, 3.8) is 0 Å². The first-order chi connectivity index (χ1) is 7.66. The first-order valence-electron chi connectivity index (χ1n) is 5.23. The minimum absolute atomic E-state index is 0.0660. The largest absolute Gasteiger partial charge is 0.477 e. The fourth-order valence-corrected chi connectivity index (χ4v) is 1.97. The summed E-state index contributed by atoms with van der Waals surface area (Å²) in [5.41, 5.74) is 0.0660. The monoisotopic (exact) mass is 241 g/mol. The van der Waals surface area contributed by atoms with Crippen LogP contribution in [-0.2, 0) is 0 Å². The maximum atomic E-state index is 10.9. The first-order valence-corrected chi connectivity index (χ1v) is 5.61. The van der Waals surface area contributed by atoms with Gasteiger partial charge in [0.05, 0.1) is 0 Å². The number of aromatic nitrogens is 1. The van der Waals surface area contributed by atoms with E-state index >= 15 is 0 Å². The summed E-state index contributed by atoms with van der Waals surface area (Å²) in [7, 11) is 0. The molecule has 16 heavy (non-hydrogen) atoms. The molecule has 0 aromatic carbocycles. The molecule has 4 nitrogen and oxygen atoms in total. The molecule has 0 radical (unpaired) electrons. The third-order valence-electron chi connectivity index (χ3n) is 2.64. The molecule has 5 heteroatoms. The summed E-state index contributed by atoms with van der Waals surface area (Å²) in [5.74, 6) is -0.913. The van der Waals surface area contributed by atoms with E-state index in [1.807, 2.05) is 0 Å². The Morgan fingerprint density at radius 1 is 1.44 bits per heavy atom. The van der Waals surface area contributed by atoms with Crippen molar-refractivity contribution in [2.24, 2.45) is 0 Å². The maximum Gasteiger partial charge on any atom is 0.341 e. The molecule has 1 saturated carbocycles. The second-order valence-electron chi connectivity index (χ2n) is 3.82. The normalized spacial score (nSPS) is 16.3. The fourth-order valence-electron chi connectivity index (χ4n) is 1.83. The lowest BCUT2D eigenvalue weighted by Gasteiger charge is -2.13. The molecule has 86 valence electrons. The van der Waals surface area contributed by atoms with Gasteiger partial charge in [0.1, 0.15) is 16.8 Å². The lowest BCUT2D eigenvalue weighted by atomic mass is 10.2. The van der Waals surface area contributed by atoms with Crippen LogP contribution in [0.15, 0.2) is 12.1 Å². The summed E-state index contributed by atoms with van der Waals surface area (Å²) >= 11 is 5.72. The average Bonchev–Trinajstić information content (AvgIpc) is 2.70. The highest BCUT2D eigenvalue weighted by Crippen LogP contribution is 2.26. The van der Waals surface area contributed by atoms with Gasteiger partial charge in [0.15, 0.2) is 0 Å². The van der Waals surface area contributed by atoms with Crippen LogP contribution >= 0.6 is 11.6 Å². The summed E-state index contributed by atoms with van der Waals surface area (Å²) in [6.07, 6.45) is 4.21. The molecule has 0 saturated heterocycles. The molecule has 0 amide bonds. The summed E-state index contributed by atoms with van der Waals surface area (Å²) in [4.78, 5) is 14.9. The fraction of sp³-hybridized carbons (Fsp3) is 0.455. The number of carboxylic acids is 1. The van der Waals surface area contributed by atoms with Gasteiger partial charge >= 0.3 is 5.97 Å². The topological polar surface area (TPSA) is 59.4 Å². The molecule has 1 aliphatic rings. The first kappa shape index (κ1) is 11.2. The number of nitrogens with zero attached hydrogens (tertiary/aromatic N) is 1. The second kappa shape index (κ2) is 4.70. The van der Waals surface area contributed by atoms with E-state index < -0.39 is 5.97 Å². The van der Waals surface area contributed by atoms with Crippen molar-refractivity contribution in [2.45, 2.75) is 31.8 Å². The number of carbonyl (C=O) groups is 1. The molecular weight excluding hydrogens is 230 g/mol. The van der Waals surface area contributed by atoms with Crippen LogP contribution in [0.5, 0.6) is 5.88 Å². The minimum Gasteiger partial charge on any atom is -0.477 e. The number of ether oxygens (including phenoxy) is 1. The van der Waals surface area contributed by atoms with Crippen molar-refractivity contribution in [2.75, 3.05) is 0 Å². The molecule has 2 rings (SSSR count). The van der Waals surface area contributed by atoms with E-state index in [4.69, 9.17) is 21.4 Å². The van der Waals surface area contributed by atoms with Crippen molar-refractivity contribution in [3.05, 3.63) is 22.8 Å². The molecule has 0 aliphatic heterocycles. The number of hydrogen-bond acceptors (Lipinski definition) is 3. The quantitative estimate of drug-likeness (QED) is 0.827. The van der Waals surface area contributed by atoms with Gasteiger partial charge in [-0.05, 0) is 37.8 Å². The van der Waals surface area contributed by atoms with E-state index in [1.54, 1.807) is 0 Å². The molecule has 1 fully saturated rings. The van der Waals surface area contributed by atoms with E-state index in [-0.39, 0.29) is 22.7 Å². The molecule has 0 spiro atoms. The summed E-state index contributed by atoms with van der Waals surface area (Å²) in [6.45, 7) is 0. The van der Waals surface area contributed by atoms with Crippen molar-refractivity contribution in [3.8, 4) is 5.88 Å². The van der Waals surface area contributed by atoms with Crippen molar-refractivity contribution in [1.82, 2.24) is 4.98 Å². The van der Waals surface area contributed by atoms with Gasteiger partial charge < -0.3 is 9.84 Å². The highest BCUT2D eigenvalue weighted by Gasteiger charge is 2.21. The highest BCUT2D eigenvalue weighted by molar-refractivity contribution is 6.29. The van der Waals surface area contributed by atoms with E-state index in [0.717, 1.165) is 25.7 Å². The van der Waals surface area contributed by atoms with E-state index in [9.17, 15) is 4.79 Å². The SMILES string of the molecule is O=C(O)c1ccc(Cl)nc1OC1CCCC1. The molecule has 1 heterocycles. The summed E-state index contributed by atoms with van der Waals surface area (Å²) in [6, 6.07) is 2.87.